The number of nitrogens with zero attached hydrogens (tertiary/aromatic N) is 1. The van der Waals surface area contributed by atoms with Gasteiger partial charge in [0.05, 0.1) is 0 Å². The zero-order valence-corrected chi connectivity index (χ0v) is 12.3. The number of carbonyl (C=O) groups is 1. The Kier molecular flexibility index (Phi) is 2.67. The number of fused-ring (bicyclic) bond motifs is 1. The zero-order chi connectivity index (χ0) is 13.0. The van der Waals surface area contributed by atoms with E-state index in [-0.39, 0.29) is 5.41 Å². The van der Waals surface area contributed by atoms with Crippen LogP contribution < -0.4 is 0 Å². The number of rotatable bonds is 3. The minimum atomic E-state index is 0.121. The minimum Gasteiger partial charge on any atom is -0.349 e. The molecule has 0 spiro atoms. The average Bonchev–Trinajstić information content (AvgIpc) is 2.95. The Morgan fingerprint density at radius 2 is 2.06 bits per heavy atom. The van der Waals surface area contributed by atoms with Crippen LogP contribution in [0.4, 0.5) is 0 Å². The number of hydrogen-bond acceptors (Lipinski definition) is 2. The van der Waals surface area contributed by atoms with Gasteiger partial charge in [-0.1, -0.05) is 13.8 Å². The molecule has 0 N–H and O–H groups in total. The maximum absolute atomic E-state index is 12.1. The summed E-state index contributed by atoms with van der Waals surface area (Å²) in [4.78, 5) is 12.1. The number of Topliss-reactive ketones (excluding diaryl/α,β-unsaturated/α-hetero) is 1. The highest BCUT2D eigenvalue weighted by atomic mass is 32.2. The highest BCUT2D eigenvalue weighted by Gasteiger charge is 2.43. The van der Waals surface area contributed by atoms with Gasteiger partial charge in [-0.3, -0.25) is 4.79 Å². The molecule has 0 saturated heterocycles. The van der Waals surface area contributed by atoms with E-state index < -0.39 is 0 Å². The van der Waals surface area contributed by atoms with Crippen LogP contribution in [-0.4, -0.2) is 21.4 Å². The van der Waals surface area contributed by atoms with Crippen molar-refractivity contribution in [1.82, 2.24) is 4.57 Å². The van der Waals surface area contributed by atoms with Crippen LogP contribution in [0.15, 0.2) is 12.3 Å². The topological polar surface area (TPSA) is 22.0 Å². The van der Waals surface area contributed by atoms with E-state index in [1.54, 1.807) is 0 Å². The van der Waals surface area contributed by atoms with Gasteiger partial charge in [-0.25, -0.2) is 0 Å². The van der Waals surface area contributed by atoms with Crippen LogP contribution >= 0.6 is 11.8 Å². The standard InChI is InChI=1S/C15H21NOS/c1-14(2)8-12-11(13(17)9-14)4-7-16(12)10-15(18-3)5-6-15/h4,7H,5-6,8-10H2,1-3H3. The fourth-order valence-electron chi connectivity index (χ4n) is 3.03. The Morgan fingerprint density at radius 3 is 2.67 bits per heavy atom. The lowest BCUT2D eigenvalue weighted by atomic mass is 9.76. The molecule has 2 nitrogen and oxygen atoms in total. The lowest BCUT2D eigenvalue weighted by Crippen LogP contribution is -2.29. The number of carbonyl (C=O) groups excluding carboxylic acids is 1. The first-order chi connectivity index (χ1) is 8.45. The lowest BCUT2D eigenvalue weighted by molar-refractivity contribution is 0.0910. The summed E-state index contributed by atoms with van der Waals surface area (Å²) in [7, 11) is 0. The quantitative estimate of drug-likeness (QED) is 0.832. The molecule has 1 aromatic rings. The molecule has 2 aliphatic carbocycles. The van der Waals surface area contributed by atoms with Crippen molar-refractivity contribution in [3.05, 3.63) is 23.5 Å². The Balaban J connectivity index is 1.92. The molecule has 0 radical (unpaired) electrons. The molecule has 1 fully saturated rings. The number of hydrogen-bond donors (Lipinski definition) is 0. The third-order valence-corrected chi connectivity index (χ3v) is 5.77. The first-order valence-electron chi connectivity index (χ1n) is 6.71. The van der Waals surface area contributed by atoms with E-state index in [9.17, 15) is 4.79 Å². The summed E-state index contributed by atoms with van der Waals surface area (Å²) in [6.07, 6.45) is 8.69. The third-order valence-electron chi connectivity index (χ3n) is 4.36. The van der Waals surface area contributed by atoms with Gasteiger partial charge >= 0.3 is 0 Å². The summed E-state index contributed by atoms with van der Waals surface area (Å²) in [5.74, 6) is 0.328. The van der Waals surface area contributed by atoms with Crippen molar-refractivity contribution in [2.45, 2.75) is 50.8 Å². The molecule has 3 heteroatoms. The van der Waals surface area contributed by atoms with Gasteiger partial charge in [0.2, 0.25) is 0 Å². The smallest absolute Gasteiger partial charge is 0.165 e. The summed E-state index contributed by atoms with van der Waals surface area (Å²) < 4.78 is 2.80. The van der Waals surface area contributed by atoms with Gasteiger partial charge < -0.3 is 4.57 Å². The summed E-state index contributed by atoms with van der Waals surface area (Å²) in [5.41, 5.74) is 2.37. The van der Waals surface area contributed by atoms with Gasteiger partial charge in [0.25, 0.3) is 0 Å². The molecule has 18 heavy (non-hydrogen) atoms. The fraction of sp³-hybridized carbons (Fsp3) is 0.667. The maximum atomic E-state index is 12.1. The van der Waals surface area contributed by atoms with Gasteiger partial charge in [0, 0.05) is 35.2 Å². The summed E-state index contributed by atoms with van der Waals surface area (Å²) in [5, 5.41) is 0. The molecule has 0 atom stereocenters. The Labute approximate surface area is 113 Å². The number of aromatic nitrogens is 1. The largest absolute Gasteiger partial charge is 0.349 e. The van der Waals surface area contributed by atoms with Crippen molar-refractivity contribution >= 4 is 17.5 Å². The SMILES string of the molecule is CSC1(Cn2ccc3c2CC(C)(C)CC3=O)CC1. The second-order valence-electron chi connectivity index (χ2n) is 6.63. The summed E-state index contributed by atoms with van der Waals surface area (Å²) in [6, 6.07) is 2.03. The molecular formula is C15H21NOS. The van der Waals surface area contributed by atoms with Crippen molar-refractivity contribution in [3.8, 4) is 0 Å². The van der Waals surface area contributed by atoms with Gasteiger partial charge in [-0.2, -0.15) is 11.8 Å². The maximum Gasteiger partial charge on any atom is 0.165 e. The van der Waals surface area contributed by atoms with Crippen LogP contribution in [0.1, 0.15) is 49.2 Å². The summed E-state index contributed by atoms with van der Waals surface area (Å²) >= 11 is 1.98. The van der Waals surface area contributed by atoms with Crippen LogP contribution in [0.5, 0.6) is 0 Å². The average molecular weight is 263 g/mol. The number of thioether (sulfide) groups is 1. The zero-order valence-electron chi connectivity index (χ0n) is 11.5. The van der Waals surface area contributed by atoms with Crippen LogP contribution in [0.3, 0.4) is 0 Å². The highest BCUT2D eigenvalue weighted by molar-refractivity contribution is 8.00. The van der Waals surface area contributed by atoms with E-state index in [0.717, 1.165) is 18.5 Å². The van der Waals surface area contributed by atoms with Crippen LogP contribution in [0.25, 0.3) is 0 Å². The van der Waals surface area contributed by atoms with E-state index in [2.05, 4.69) is 30.9 Å². The third kappa shape index (κ3) is 2.03. The van der Waals surface area contributed by atoms with Gasteiger partial charge in [0.1, 0.15) is 0 Å². The van der Waals surface area contributed by atoms with Gasteiger partial charge in [-0.15, -0.1) is 0 Å². The Bertz CT molecular complexity index is 497. The minimum absolute atomic E-state index is 0.121. The molecule has 0 aliphatic heterocycles. The molecule has 98 valence electrons. The monoisotopic (exact) mass is 263 g/mol. The van der Waals surface area contributed by atoms with Crippen LogP contribution in [0.2, 0.25) is 0 Å². The van der Waals surface area contributed by atoms with Crippen molar-refractivity contribution < 1.29 is 4.79 Å². The lowest BCUT2D eigenvalue weighted by Gasteiger charge is -2.30. The molecule has 1 heterocycles. The molecule has 0 bridgehead atoms. The predicted molar refractivity (Wildman–Crippen MR) is 76.3 cm³/mol. The van der Waals surface area contributed by atoms with Crippen molar-refractivity contribution in [3.63, 3.8) is 0 Å². The first-order valence-corrected chi connectivity index (χ1v) is 7.94. The molecule has 3 rings (SSSR count). The summed E-state index contributed by atoms with van der Waals surface area (Å²) in [6.45, 7) is 5.48. The van der Waals surface area contributed by atoms with E-state index in [1.807, 2.05) is 17.8 Å². The van der Waals surface area contributed by atoms with Gasteiger partial charge in [0.15, 0.2) is 5.78 Å². The Hall–Kier alpha value is -0.700. The van der Waals surface area contributed by atoms with E-state index in [0.29, 0.717) is 17.0 Å². The van der Waals surface area contributed by atoms with E-state index >= 15 is 0 Å². The normalized spacial score (nSPS) is 23.8. The molecule has 2 aliphatic rings. The molecule has 1 saturated carbocycles. The van der Waals surface area contributed by atoms with E-state index in [1.165, 1.54) is 18.5 Å². The molecule has 0 aromatic carbocycles. The number of ketones is 1. The second kappa shape index (κ2) is 3.89. The fourth-order valence-corrected chi connectivity index (χ4v) is 3.80. The molecule has 0 amide bonds. The van der Waals surface area contributed by atoms with Gasteiger partial charge in [-0.05, 0) is 37.0 Å². The second-order valence-corrected chi connectivity index (χ2v) is 7.91. The van der Waals surface area contributed by atoms with Crippen molar-refractivity contribution in [1.29, 1.82) is 0 Å². The van der Waals surface area contributed by atoms with Crippen molar-refractivity contribution in [2.75, 3.05) is 6.26 Å². The van der Waals surface area contributed by atoms with Crippen LogP contribution in [0, 0.1) is 5.41 Å². The highest BCUT2D eigenvalue weighted by Crippen LogP contribution is 2.49. The predicted octanol–water partition coefficient (Wildman–Crippen LogP) is 3.54. The van der Waals surface area contributed by atoms with Crippen LogP contribution in [-0.2, 0) is 13.0 Å². The first kappa shape index (κ1) is 12.3. The molecular weight excluding hydrogens is 242 g/mol. The van der Waals surface area contributed by atoms with E-state index in [4.69, 9.17) is 0 Å². The molecule has 0 unspecified atom stereocenters. The molecule has 1 aromatic heterocycles. The Morgan fingerprint density at radius 1 is 1.33 bits per heavy atom. The van der Waals surface area contributed by atoms with Crippen molar-refractivity contribution in [2.24, 2.45) is 5.41 Å².